The number of rotatable bonds is 6. The van der Waals surface area contributed by atoms with Gasteiger partial charge in [0.1, 0.15) is 16.9 Å². The third-order valence-corrected chi connectivity index (χ3v) is 5.91. The lowest BCUT2D eigenvalue weighted by atomic mass is 9.98. The molecule has 0 saturated heterocycles. The largest absolute Gasteiger partial charge is 0.548 e. The van der Waals surface area contributed by atoms with E-state index in [4.69, 9.17) is 8.83 Å². The Hall–Kier alpha value is -3.87. The van der Waals surface area contributed by atoms with Crippen LogP contribution in [0.2, 0.25) is 0 Å². The lowest BCUT2D eigenvalue weighted by Crippen LogP contribution is -2.51. The number of carboxylic acids is 1. The van der Waals surface area contributed by atoms with Crippen molar-refractivity contribution in [3.05, 3.63) is 69.8 Å². The molecule has 7 heteroatoms. The second-order valence-corrected chi connectivity index (χ2v) is 8.52. The number of hydrogen-bond donors (Lipinski definition) is 1. The van der Waals surface area contributed by atoms with Crippen molar-refractivity contribution in [3.63, 3.8) is 0 Å². The third-order valence-electron chi connectivity index (χ3n) is 5.91. The van der Waals surface area contributed by atoms with E-state index in [-0.39, 0.29) is 17.9 Å². The van der Waals surface area contributed by atoms with Crippen molar-refractivity contribution in [1.82, 2.24) is 5.32 Å². The van der Waals surface area contributed by atoms with Gasteiger partial charge in [0, 0.05) is 22.4 Å². The number of nitrogens with one attached hydrogen (secondary N) is 1. The first-order valence-corrected chi connectivity index (χ1v) is 10.7. The van der Waals surface area contributed by atoms with Gasteiger partial charge in [-0.15, -0.1) is 0 Å². The Bertz CT molecular complexity index is 1430. The normalized spacial score (nSPS) is 12.4. The molecule has 0 aliphatic heterocycles. The summed E-state index contributed by atoms with van der Waals surface area (Å²) >= 11 is 0. The lowest BCUT2D eigenvalue weighted by molar-refractivity contribution is -0.309. The number of carbonyl (C=O) groups is 2. The summed E-state index contributed by atoms with van der Waals surface area (Å²) in [7, 11) is 0. The molecule has 33 heavy (non-hydrogen) atoms. The van der Waals surface area contributed by atoms with Crippen LogP contribution in [0.3, 0.4) is 0 Å². The zero-order chi connectivity index (χ0) is 23.9. The predicted octanol–water partition coefficient (Wildman–Crippen LogP) is 3.26. The summed E-state index contributed by atoms with van der Waals surface area (Å²) in [5.74, 6) is -1.57. The number of furan rings is 1. The molecule has 0 unspecified atom stereocenters. The Kier molecular flexibility index (Phi) is 5.80. The molecule has 0 aliphatic rings. The summed E-state index contributed by atoms with van der Waals surface area (Å²) in [5.41, 5.74) is 3.05. The zero-order valence-corrected chi connectivity index (χ0v) is 18.9. The Morgan fingerprint density at radius 1 is 1.00 bits per heavy atom. The van der Waals surface area contributed by atoms with E-state index in [1.807, 2.05) is 43.3 Å². The molecule has 4 aromatic rings. The van der Waals surface area contributed by atoms with Crippen LogP contribution in [0.4, 0.5) is 0 Å². The number of hydrogen-bond acceptors (Lipinski definition) is 6. The van der Waals surface area contributed by atoms with Gasteiger partial charge in [-0.05, 0) is 37.0 Å². The summed E-state index contributed by atoms with van der Waals surface area (Å²) in [5, 5.41) is 15.3. The monoisotopic (exact) mass is 446 g/mol. The van der Waals surface area contributed by atoms with Crippen molar-refractivity contribution >= 4 is 33.8 Å². The van der Waals surface area contributed by atoms with Crippen LogP contribution < -0.4 is 16.0 Å². The van der Waals surface area contributed by atoms with Crippen molar-refractivity contribution in [2.75, 3.05) is 0 Å². The van der Waals surface area contributed by atoms with Crippen LogP contribution in [-0.2, 0) is 16.0 Å². The first kappa shape index (κ1) is 22.3. The molecule has 1 amide bonds. The van der Waals surface area contributed by atoms with Gasteiger partial charge in [0.2, 0.25) is 5.91 Å². The van der Waals surface area contributed by atoms with Gasteiger partial charge < -0.3 is 24.1 Å². The van der Waals surface area contributed by atoms with E-state index in [2.05, 4.69) is 5.32 Å². The molecule has 1 atom stereocenters. The molecule has 2 heterocycles. The Balaban J connectivity index is 1.80. The molecule has 0 aliphatic carbocycles. The van der Waals surface area contributed by atoms with Crippen molar-refractivity contribution in [2.24, 2.45) is 5.92 Å². The van der Waals surface area contributed by atoms with Gasteiger partial charge in [-0.25, -0.2) is 4.79 Å². The molecular formula is C26H24NO6-. The van der Waals surface area contributed by atoms with Crippen LogP contribution in [0.1, 0.15) is 30.7 Å². The van der Waals surface area contributed by atoms with Gasteiger partial charge in [-0.1, -0.05) is 44.2 Å². The van der Waals surface area contributed by atoms with Crippen molar-refractivity contribution in [1.29, 1.82) is 0 Å². The van der Waals surface area contributed by atoms with E-state index < -0.39 is 23.5 Å². The Labute approximate surface area is 190 Å². The molecule has 0 fully saturated rings. The number of fused-ring (bicyclic) bond motifs is 2. The van der Waals surface area contributed by atoms with Gasteiger partial charge in [0.25, 0.3) is 0 Å². The first-order valence-electron chi connectivity index (χ1n) is 10.7. The zero-order valence-electron chi connectivity index (χ0n) is 18.9. The average Bonchev–Trinajstić information content (AvgIpc) is 3.08. The smallest absolute Gasteiger partial charge is 0.340 e. The van der Waals surface area contributed by atoms with Crippen LogP contribution in [0.15, 0.2) is 56.1 Å². The van der Waals surface area contributed by atoms with E-state index in [9.17, 15) is 19.5 Å². The highest BCUT2D eigenvalue weighted by molar-refractivity contribution is 6.03. The Morgan fingerprint density at radius 2 is 1.67 bits per heavy atom. The van der Waals surface area contributed by atoms with Gasteiger partial charge in [0.15, 0.2) is 0 Å². The van der Waals surface area contributed by atoms with Crippen molar-refractivity contribution in [2.45, 2.75) is 40.2 Å². The first-order chi connectivity index (χ1) is 15.7. The standard InChI is InChI=1S/C26H25NO6/c1-13(2)24(25(29)30)27-22(28)11-18-14(3)17-10-19-21(12-20(17)33-26(18)31)32-15(4)23(19)16-8-6-5-7-9-16/h5-10,12-13,24H,11H2,1-4H3,(H,27,28)(H,29,30)/p-1/t24-/m0/s1. The van der Waals surface area contributed by atoms with Gasteiger partial charge in [0.05, 0.1) is 24.0 Å². The number of aliphatic carboxylic acids is 1. The third kappa shape index (κ3) is 4.14. The number of carbonyl (C=O) groups excluding carboxylic acids is 2. The van der Waals surface area contributed by atoms with Crippen LogP contribution in [0.5, 0.6) is 0 Å². The minimum atomic E-state index is -1.37. The van der Waals surface area contributed by atoms with Crippen LogP contribution in [0.25, 0.3) is 33.1 Å². The molecule has 7 nitrogen and oxygen atoms in total. The van der Waals surface area contributed by atoms with E-state index in [0.717, 1.165) is 22.3 Å². The Morgan fingerprint density at radius 3 is 2.30 bits per heavy atom. The average molecular weight is 446 g/mol. The van der Waals surface area contributed by atoms with Gasteiger partial charge in [-0.3, -0.25) is 4.79 Å². The summed E-state index contributed by atoms with van der Waals surface area (Å²) in [6.07, 6.45) is -0.297. The molecular weight excluding hydrogens is 422 g/mol. The number of amides is 1. The molecule has 170 valence electrons. The van der Waals surface area contributed by atoms with E-state index >= 15 is 0 Å². The van der Waals surface area contributed by atoms with Gasteiger partial charge in [-0.2, -0.15) is 0 Å². The molecule has 0 radical (unpaired) electrons. The summed E-state index contributed by atoms with van der Waals surface area (Å²) in [6.45, 7) is 6.97. The number of benzene rings is 2. The second-order valence-electron chi connectivity index (χ2n) is 8.52. The lowest BCUT2D eigenvalue weighted by Gasteiger charge is -2.23. The second kappa shape index (κ2) is 8.58. The summed E-state index contributed by atoms with van der Waals surface area (Å²) in [6, 6.07) is 12.3. The SMILES string of the molecule is Cc1oc2cc3oc(=O)c(CC(=O)N[C@H](C(=O)[O-])C(C)C)c(C)c3cc2c1-c1ccccc1. The maximum Gasteiger partial charge on any atom is 0.340 e. The molecule has 0 spiro atoms. The van der Waals surface area contributed by atoms with Crippen molar-refractivity contribution in [3.8, 4) is 11.1 Å². The molecule has 2 aromatic carbocycles. The number of carboxylic acid groups (broad SMARTS) is 1. The van der Waals surface area contributed by atoms with E-state index in [1.54, 1.807) is 26.8 Å². The van der Waals surface area contributed by atoms with E-state index in [0.29, 0.717) is 22.1 Å². The highest BCUT2D eigenvalue weighted by atomic mass is 16.4. The number of aryl methyl sites for hydroxylation is 2. The molecule has 2 aromatic heterocycles. The molecule has 4 rings (SSSR count). The fraction of sp³-hybridized carbons (Fsp3) is 0.269. The van der Waals surface area contributed by atoms with Crippen LogP contribution in [-0.4, -0.2) is 17.9 Å². The summed E-state index contributed by atoms with van der Waals surface area (Å²) in [4.78, 5) is 36.5. The maximum absolute atomic E-state index is 12.7. The van der Waals surface area contributed by atoms with Gasteiger partial charge >= 0.3 is 5.63 Å². The van der Waals surface area contributed by atoms with Crippen LogP contribution in [0, 0.1) is 19.8 Å². The predicted molar refractivity (Wildman–Crippen MR) is 123 cm³/mol. The van der Waals surface area contributed by atoms with E-state index in [1.165, 1.54) is 0 Å². The minimum absolute atomic E-state index is 0.182. The topological polar surface area (TPSA) is 113 Å². The maximum atomic E-state index is 12.7. The minimum Gasteiger partial charge on any atom is -0.548 e. The summed E-state index contributed by atoms with van der Waals surface area (Å²) < 4.78 is 11.5. The quantitative estimate of drug-likeness (QED) is 0.455. The molecule has 1 N–H and O–H groups in total. The molecule has 0 saturated carbocycles. The van der Waals surface area contributed by atoms with Crippen molar-refractivity contribution < 1.29 is 23.5 Å². The molecule has 0 bridgehead atoms. The highest BCUT2D eigenvalue weighted by Gasteiger charge is 2.22. The fourth-order valence-corrected chi connectivity index (χ4v) is 4.15. The fourth-order valence-electron chi connectivity index (χ4n) is 4.15. The van der Waals surface area contributed by atoms with Crippen LogP contribution >= 0.6 is 0 Å². The highest BCUT2D eigenvalue weighted by Crippen LogP contribution is 2.37.